The molecule has 0 bridgehead atoms. The van der Waals surface area contributed by atoms with Crippen molar-refractivity contribution < 1.29 is 13.5 Å². The van der Waals surface area contributed by atoms with Gasteiger partial charge >= 0.3 is 0 Å². The van der Waals surface area contributed by atoms with Crippen molar-refractivity contribution in [3.63, 3.8) is 0 Å². The number of aliphatic hydroxyl groups is 1. The first-order valence-electron chi connectivity index (χ1n) is 13.1. The predicted molar refractivity (Wildman–Crippen MR) is 149 cm³/mol. The molecule has 0 radical (unpaired) electrons. The largest absolute Gasteiger partial charge is 0.396 e. The van der Waals surface area contributed by atoms with Gasteiger partial charge < -0.3 is 15.3 Å². The van der Waals surface area contributed by atoms with Crippen molar-refractivity contribution in [3.05, 3.63) is 60.4 Å². The monoisotopic (exact) mass is 559 g/mol. The standard InChI is InChI=1S/C27H29N9O3S/c1-34-15-19(12-30-34)4-5-21-13-29-26(11-24(21)35-10-2-3-20(16-35)18-37)32-25-8-9-28-27(33-25)22-14-31-36(17-22)40(38,39)23-6-7-23/h8-9,11-15,17,20,23,37H,2-3,6-7,10,16,18H2,1H3,(H,28,29,32,33). The molecule has 12 nitrogen and oxygen atoms in total. The second-order valence-electron chi connectivity index (χ2n) is 10.1. The average molecular weight is 560 g/mol. The normalized spacial score (nSPS) is 17.4. The number of anilines is 3. The molecule has 0 spiro atoms. The van der Waals surface area contributed by atoms with Crippen LogP contribution in [0.3, 0.4) is 0 Å². The molecule has 2 N–H and O–H groups in total. The predicted octanol–water partition coefficient (Wildman–Crippen LogP) is 2.16. The maximum absolute atomic E-state index is 12.5. The molecule has 13 heteroatoms. The van der Waals surface area contributed by atoms with E-state index >= 15 is 0 Å². The van der Waals surface area contributed by atoms with Gasteiger partial charge in [-0.25, -0.2) is 23.4 Å². The fraction of sp³-hybridized carbons (Fsp3) is 0.370. The van der Waals surface area contributed by atoms with Crippen LogP contribution in [0.4, 0.5) is 17.3 Å². The number of piperidine rings is 1. The zero-order valence-corrected chi connectivity index (χ0v) is 22.8. The number of nitrogens with zero attached hydrogens (tertiary/aromatic N) is 8. The Labute approximate surface area is 232 Å². The van der Waals surface area contributed by atoms with Gasteiger partial charge in [0.05, 0.1) is 46.2 Å². The number of hydrogen-bond acceptors (Lipinski definition) is 10. The van der Waals surface area contributed by atoms with Gasteiger partial charge in [-0.05, 0) is 37.7 Å². The molecule has 4 aromatic rings. The number of pyridine rings is 1. The van der Waals surface area contributed by atoms with Gasteiger partial charge in [-0.15, -0.1) is 0 Å². The quantitative estimate of drug-likeness (QED) is 0.323. The third-order valence-electron chi connectivity index (χ3n) is 6.98. The summed E-state index contributed by atoms with van der Waals surface area (Å²) in [5.74, 6) is 8.03. The van der Waals surface area contributed by atoms with Crippen molar-refractivity contribution in [2.75, 3.05) is 29.9 Å². The Hall–Kier alpha value is -4.28. The first-order chi connectivity index (χ1) is 19.4. The summed E-state index contributed by atoms with van der Waals surface area (Å²) in [7, 11) is -1.62. The van der Waals surface area contributed by atoms with Gasteiger partial charge in [0.1, 0.15) is 11.6 Å². The van der Waals surface area contributed by atoms with Gasteiger partial charge in [-0.1, -0.05) is 11.8 Å². The lowest BCUT2D eigenvalue weighted by Crippen LogP contribution is -2.37. The Morgan fingerprint density at radius 2 is 1.95 bits per heavy atom. The Balaban J connectivity index is 1.28. The van der Waals surface area contributed by atoms with E-state index in [1.165, 1.54) is 12.4 Å². The molecule has 1 aliphatic heterocycles. The van der Waals surface area contributed by atoms with E-state index in [-0.39, 0.29) is 17.8 Å². The molecule has 4 aromatic heterocycles. The number of rotatable bonds is 7. The molecular weight excluding hydrogens is 530 g/mol. The lowest BCUT2D eigenvalue weighted by atomic mass is 9.98. The number of aryl methyl sites for hydroxylation is 1. The first kappa shape index (κ1) is 26.0. The highest BCUT2D eigenvalue weighted by atomic mass is 32.2. The molecular formula is C27H29N9O3S. The van der Waals surface area contributed by atoms with E-state index in [2.05, 4.69) is 47.2 Å². The number of aromatic nitrogens is 7. The Kier molecular flexibility index (Phi) is 6.95. The van der Waals surface area contributed by atoms with Crippen LogP contribution in [0.25, 0.3) is 11.4 Å². The molecule has 5 heterocycles. The van der Waals surface area contributed by atoms with Crippen LogP contribution >= 0.6 is 0 Å². The van der Waals surface area contributed by atoms with E-state index < -0.39 is 10.0 Å². The highest BCUT2D eigenvalue weighted by molar-refractivity contribution is 7.90. The zero-order chi connectivity index (χ0) is 27.7. The summed E-state index contributed by atoms with van der Waals surface area (Å²) in [6, 6.07) is 3.66. The highest BCUT2D eigenvalue weighted by Crippen LogP contribution is 2.31. The fourth-order valence-corrected chi connectivity index (χ4v) is 6.18. The first-order valence-corrected chi connectivity index (χ1v) is 14.7. The minimum atomic E-state index is -3.47. The van der Waals surface area contributed by atoms with Crippen LogP contribution in [0.15, 0.2) is 49.3 Å². The topological polar surface area (TPSA) is 144 Å². The summed E-state index contributed by atoms with van der Waals surface area (Å²) in [4.78, 5) is 15.7. The molecule has 40 heavy (non-hydrogen) atoms. The van der Waals surface area contributed by atoms with Gasteiger partial charge in [0, 0.05) is 51.4 Å². The Morgan fingerprint density at radius 3 is 2.73 bits per heavy atom. The van der Waals surface area contributed by atoms with Crippen LogP contribution in [0.5, 0.6) is 0 Å². The van der Waals surface area contributed by atoms with Crippen molar-refractivity contribution in [2.45, 2.75) is 30.9 Å². The lowest BCUT2D eigenvalue weighted by molar-refractivity contribution is 0.208. The number of nitrogens with one attached hydrogen (secondary N) is 1. The molecule has 2 aliphatic rings. The van der Waals surface area contributed by atoms with Crippen molar-refractivity contribution in [2.24, 2.45) is 13.0 Å². The number of hydrogen-bond donors (Lipinski definition) is 2. The maximum Gasteiger partial charge on any atom is 0.256 e. The molecule has 0 amide bonds. The summed E-state index contributed by atoms with van der Waals surface area (Å²) >= 11 is 0. The van der Waals surface area contributed by atoms with E-state index in [0.29, 0.717) is 35.9 Å². The molecule has 1 atom stereocenters. The second-order valence-corrected chi connectivity index (χ2v) is 12.2. The molecule has 1 saturated carbocycles. The summed E-state index contributed by atoms with van der Waals surface area (Å²) in [6.07, 6.45) is 13.1. The summed E-state index contributed by atoms with van der Waals surface area (Å²) in [5, 5.41) is 20.9. The van der Waals surface area contributed by atoms with Crippen LogP contribution in [0.1, 0.15) is 36.8 Å². The SMILES string of the molecule is Cn1cc(C#Cc2cnc(Nc3ccnc(-c4cnn(S(=O)(=O)C5CC5)c4)n3)cc2N2CCCC(CO)C2)cn1. The average Bonchev–Trinajstić information content (AvgIpc) is 3.57. The van der Waals surface area contributed by atoms with Crippen LogP contribution < -0.4 is 10.2 Å². The van der Waals surface area contributed by atoms with Crippen molar-refractivity contribution in [1.29, 1.82) is 0 Å². The highest BCUT2D eigenvalue weighted by Gasteiger charge is 2.37. The lowest BCUT2D eigenvalue weighted by Gasteiger charge is -2.34. The minimum Gasteiger partial charge on any atom is -0.396 e. The molecule has 1 unspecified atom stereocenters. The third-order valence-corrected chi connectivity index (χ3v) is 9.02. The smallest absolute Gasteiger partial charge is 0.256 e. The molecule has 2 fully saturated rings. The Morgan fingerprint density at radius 1 is 1.07 bits per heavy atom. The van der Waals surface area contributed by atoms with E-state index in [9.17, 15) is 13.5 Å². The molecule has 0 aromatic carbocycles. The van der Waals surface area contributed by atoms with Gasteiger partial charge in [0.2, 0.25) is 0 Å². The van der Waals surface area contributed by atoms with Crippen molar-refractivity contribution in [3.8, 4) is 23.2 Å². The van der Waals surface area contributed by atoms with E-state index in [0.717, 1.165) is 46.8 Å². The minimum absolute atomic E-state index is 0.144. The van der Waals surface area contributed by atoms with Crippen molar-refractivity contribution >= 4 is 27.3 Å². The molecule has 6 rings (SSSR count). The van der Waals surface area contributed by atoms with E-state index in [4.69, 9.17) is 0 Å². The van der Waals surface area contributed by atoms with Gasteiger partial charge in [-0.3, -0.25) is 4.68 Å². The van der Waals surface area contributed by atoms with Gasteiger partial charge in [0.15, 0.2) is 5.82 Å². The maximum atomic E-state index is 12.5. The Bertz CT molecular complexity index is 1700. The van der Waals surface area contributed by atoms with Gasteiger partial charge in [-0.2, -0.15) is 14.3 Å². The fourth-order valence-electron chi connectivity index (χ4n) is 4.71. The third kappa shape index (κ3) is 5.54. The molecule has 1 aliphatic carbocycles. The zero-order valence-electron chi connectivity index (χ0n) is 22.0. The van der Waals surface area contributed by atoms with Crippen LogP contribution in [0, 0.1) is 17.8 Å². The summed E-state index contributed by atoms with van der Waals surface area (Å²) in [5.41, 5.74) is 3.02. The van der Waals surface area contributed by atoms with Crippen LogP contribution in [-0.4, -0.2) is 72.4 Å². The van der Waals surface area contributed by atoms with Crippen molar-refractivity contribution in [1.82, 2.24) is 33.9 Å². The van der Waals surface area contributed by atoms with Crippen LogP contribution in [0.2, 0.25) is 0 Å². The number of aliphatic hydroxyl groups excluding tert-OH is 1. The molecule has 206 valence electrons. The van der Waals surface area contributed by atoms with Gasteiger partial charge in [0.25, 0.3) is 10.0 Å². The summed E-state index contributed by atoms with van der Waals surface area (Å²) < 4.78 is 27.7. The van der Waals surface area contributed by atoms with E-state index in [1.807, 2.05) is 19.3 Å². The van der Waals surface area contributed by atoms with E-state index in [1.54, 1.807) is 29.3 Å². The second kappa shape index (κ2) is 10.7. The van der Waals surface area contributed by atoms with Crippen LogP contribution in [-0.2, 0) is 17.1 Å². The summed E-state index contributed by atoms with van der Waals surface area (Å²) in [6.45, 7) is 1.73. The molecule has 1 saturated heterocycles.